The molecule has 1 heterocycles. The summed E-state index contributed by atoms with van der Waals surface area (Å²) in [5.74, 6) is 1.08. The van der Waals surface area contributed by atoms with Crippen LogP contribution in [0.15, 0.2) is 18.2 Å². The van der Waals surface area contributed by atoms with Crippen molar-refractivity contribution in [1.29, 1.82) is 0 Å². The summed E-state index contributed by atoms with van der Waals surface area (Å²) >= 11 is 0. The minimum atomic E-state index is -0.489. The van der Waals surface area contributed by atoms with E-state index in [4.69, 9.17) is 14.2 Å². The van der Waals surface area contributed by atoms with Crippen LogP contribution in [0.2, 0.25) is 0 Å². The first-order valence-electron chi connectivity index (χ1n) is 7.08. The largest absolute Gasteiger partial charge is 0.497 e. The van der Waals surface area contributed by atoms with Gasteiger partial charge in [-0.15, -0.1) is 0 Å². The summed E-state index contributed by atoms with van der Waals surface area (Å²) in [5, 5.41) is 5.98. The highest BCUT2D eigenvalue weighted by atomic mass is 16.5. The molecule has 1 aliphatic heterocycles. The molecule has 21 heavy (non-hydrogen) atoms. The van der Waals surface area contributed by atoms with Gasteiger partial charge >= 0.3 is 0 Å². The van der Waals surface area contributed by atoms with Gasteiger partial charge in [0.15, 0.2) is 0 Å². The van der Waals surface area contributed by atoms with Gasteiger partial charge < -0.3 is 24.8 Å². The Morgan fingerprint density at radius 1 is 1.48 bits per heavy atom. The van der Waals surface area contributed by atoms with Gasteiger partial charge in [-0.3, -0.25) is 4.79 Å². The molecule has 1 aromatic rings. The fourth-order valence-corrected chi connectivity index (χ4v) is 2.04. The number of hydrogen-bond donors (Lipinski definition) is 2. The Bertz CT molecular complexity index is 485. The second-order valence-electron chi connectivity index (χ2n) is 5.08. The summed E-state index contributed by atoms with van der Waals surface area (Å²) in [7, 11) is 1.58. The number of hydrogen-bond acceptors (Lipinski definition) is 5. The molecule has 0 aromatic heterocycles. The van der Waals surface area contributed by atoms with Crippen LogP contribution in [0.5, 0.6) is 11.5 Å². The van der Waals surface area contributed by atoms with E-state index in [1.165, 1.54) is 0 Å². The van der Waals surface area contributed by atoms with E-state index in [1.807, 2.05) is 13.8 Å². The number of methoxy groups -OCH3 is 1. The Morgan fingerprint density at radius 3 is 2.90 bits per heavy atom. The van der Waals surface area contributed by atoms with Crippen molar-refractivity contribution in [3.05, 3.63) is 18.2 Å². The first kappa shape index (κ1) is 15.6. The van der Waals surface area contributed by atoms with Gasteiger partial charge in [0.25, 0.3) is 5.91 Å². The Hall–Kier alpha value is -1.79. The third-order valence-electron chi connectivity index (χ3n) is 3.03. The van der Waals surface area contributed by atoms with E-state index in [0.29, 0.717) is 30.3 Å². The van der Waals surface area contributed by atoms with Crippen LogP contribution in [0.25, 0.3) is 0 Å². The van der Waals surface area contributed by atoms with Crippen LogP contribution >= 0.6 is 0 Å². The lowest BCUT2D eigenvalue weighted by molar-refractivity contribution is -0.128. The van der Waals surface area contributed by atoms with E-state index in [-0.39, 0.29) is 12.0 Å². The fourth-order valence-electron chi connectivity index (χ4n) is 2.04. The Kier molecular flexibility index (Phi) is 5.41. The number of anilines is 1. The van der Waals surface area contributed by atoms with Crippen molar-refractivity contribution in [2.45, 2.75) is 26.1 Å². The van der Waals surface area contributed by atoms with Gasteiger partial charge in [-0.25, -0.2) is 0 Å². The van der Waals surface area contributed by atoms with Crippen LogP contribution in [-0.2, 0) is 9.53 Å². The number of nitrogens with one attached hydrogen (secondary N) is 2. The summed E-state index contributed by atoms with van der Waals surface area (Å²) < 4.78 is 16.3. The first-order valence-corrected chi connectivity index (χ1v) is 7.08. The Balaban J connectivity index is 2.13. The SMILES string of the molecule is COc1ccc(OC(C)C)c(NC(=O)C2CNCCO2)c1. The molecule has 0 spiro atoms. The summed E-state index contributed by atoms with van der Waals surface area (Å²) in [6.07, 6.45) is -0.474. The van der Waals surface area contributed by atoms with Gasteiger partial charge in [-0.05, 0) is 26.0 Å². The maximum Gasteiger partial charge on any atom is 0.254 e. The van der Waals surface area contributed by atoms with Gasteiger partial charge in [-0.1, -0.05) is 0 Å². The highest BCUT2D eigenvalue weighted by Gasteiger charge is 2.23. The van der Waals surface area contributed by atoms with Crippen LogP contribution < -0.4 is 20.1 Å². The number of amides is 1. The molecule has 1 aliphatic rings. The quantitative estimate of drug-likeness (QED) is 0.859. The van der Waals surface area contributed by atoms with Crippen LogP contribution in [0, 0.1) is 0 Å². The number of morpholine rings is 1. The first-order chi connectivity index (χ1) is 10.1. The van der Waals surface area contributed by atoms with Crippen LogP contribution in [0.3, 0.4) is 0 Å². The molecule has 0 bridgehead atoms. The van der Waals surface area contributed by atoms with Crippen molar-refractivity contribution in [3.8, 4) is 11.5 Å². The van der Waals surface area contributed by atoms with Crippen molar-refractivity contribution in [1.82, 2.24) is 5.32 Å². The van der Waals surface area contributed by atoms with Crippen molar-refractivity contribution in [2.24, 2.45) is 0 Å². The lowest BCUT2D eigenvalue weighted by Gasteiger charge is -2.23. The number of carbonyl (C=O) groups is 1. The molecule has 116 valence electrons. The average Bonchev–Trinajstić information content (AvgIpc) is 2.49. The summed E-state index contributed by atoms with van der Waals surface area (Å²) in [5.41, 5.74) is 0.585. The van der Waals surface area contributed by atoms with E-state index in [1.54, 1.807) is 25.3 Å². The molecule has 6 heteroatoms. The molecule has 2 N–H and O–H groups in total. The van der Waals surface area contributed by atoms with Gasteiger partial charge in [-0.2, -0.15) is 0 Å². The van der Waals surface area contributed by atoms with Gasteiger partial charge in [0.1, 0.15) is 17.6 Å². The molecule has 1 atom stereocenters. The summed E-state index contributed by atoms with van der Waals surface area (Å²) in [6.45, 7) is 5.68. The smallest absolute Gasteiger partial charge is 0.254 e. The average molecular weight is 294 g/mol. The number of benzene rings is 1. The van der Waals surface area contributed by atoms with Crippen molar-refractivity contribution >= 4 is 11.6 Å². The molecule has 1 fully saturated rings. The molecule has 1 aromatic carbocycles. The zero-order valence-electron chi connectivity index (χ0n) is 12.6. The Labute approximate surface area is 124 Å². The Morgan fingerprint density at radius 2 is 2.29 bits per heavy atom. The molecular weight excluding hydrogens is 272 g/mol. The monoisotopic (exact) mass is 294 g/mol. The summed E-state index contributed by atoms with van der Waals surface area (Å²) in [6, 6.07) is 5.33. The number of ether oxygens (including phenoxy) is 3. The molecular formula is C15H22N2O4. The normalized spacial score (nSPS) is 18.4. The third-order valence-corrected chi connectivity index (χ3v) is 3.03. The molecule has 0 aliphatic carbocycles. The predicted octanol–water partition coefficient (Wildman–Crippen LogP) is 1.41. The van der Waals surface area contributed by atoms with Crippen LogP contribution in [0.4, 0.5) is 5.69 Å². The third kappa shape index (κ3) is 4.34. The van der Waals surface area contributed by atoms with Crippen LogP contribution in [-0.4, -0.2) is 44.9 Å². The van der Waals surface area contributed by atoms with E-state index in [0.717, 1.165) is 6.54 Å². The standard InChI is InChI=1S/C15H22N2O4/c1-10(2)21-13-5-4-11(19-3)8-12(13)17-15(18)14-9-16-6-7-20-14/h4-5,8,10,14,16H,6-7,9H2,1-3H3,(H,17,18). The lowest BCUT2D eigenvalue weighted by atomic mass is 10.2. The van der Waals surface area contributed by atoms with Crippen molar-refractivity contribution in [2.75, 3.05) is 32.1 Å². The highest BCUT2D eigenvalue weighted by Crippen LogP contribution is 2.30. The van der Waals surface area contributed by atoms with E-state index in [9.17, 15) is 4.79 Å². The fraction of sp³-hybridized carbons (Fsp3) is 0.533. The topological polar surface area (TPSA) is 68.8 Å². The predicted molar refractivity (Wildman–Crippen MR) is 80.0 cm³/mol. The molecule has 0 saturated carbocycles. The molecule has 2 rings (SSSR count). The molecule has 1 saturated heterocycles. The minimum absolute atomic E-state index is 0.0154. The zero-order chi connectivity index (χ0) is 15.2. The van der Waals surface area contributed by atoms with Crippen molar-refractivity contribution in [3.63, 3.8) is 0 Å². The second-order valence-corrected chi connectivity index (χ2v) is 5.08. The minimum Gasteiger partial charge on any atom is -0.497 e. The number of rotatable bonds is 5. The zero-order valence-corrected chi connectivity index (χ0v) is 12.6. The van der Waals surface area contributed by atoms with E-state index >= 15 is 0 Å². The van der Waals surface area contributed by atoms with E-state index < -0.39 is 6.10 Å². The van der Waals surface area contributed by atoms with Gasteiger partial charge in [0.05, 0.1) is 25.5 Å². The van der Waals surface area contributed by atoms with Crippen LogP contribution in [0.1, 0.15) is 13.8 Å². The highest BCUT2D eigenvalue weighted by molar-refractivity contribution is 5.96. The van der Waals surface area contributed by atoms with Gasteiger partial charge in [0, 0.05) is 19.2 Å². The van der Waals surface area contributed by atoms with Crippen molar-refractivity contribution < 1.29 is 19.0 Å². The number of carbonyl (C=O) groups excluding carboxylic acids is 1. The molecule has 0 radical (unpaired) electrons. The molecule has 6 nitrogen and oxygen atoms in total. The molecule has 1 unspecified atom stereocenters. The maximum absolute atomic E-state index is 12.2. The maximum atomic E-state index is 12.2. The summed E-state index contributed by atoms with van der Waals surface area (Å²) in [4.78, 5) is 12.2. The molecule has 1 amide bonds. The lowest BCUT2D eigenvalue weighted by Crippen LogP contribution is -2.45. The second kappa shape index (κ2) is 7.28. The van der Waals surface area contributed by atoms with Gasteiger partial charge in [0.2, 0.25) is 0 Å². The van der Waals surface area contributed by atoms with E-state index in [2.05, 4.69) is 10.6 Å².